The van der Waals surface area contributed by atoms with E-state index in [9.17, 15) is 4.79 Å². The van der Waals surface area contributed by atoms with Crippen molar-refractivity contribution in [2.75, 3.05) is 20.6 Å². The fourth-order valence-corrected chi connectivity index (χ4v) is 2.19. The van der Waals surface area contributed by atoms with Crippen molar-refractivity contribution in [3.05, 3.63) is 16.9 Å². The van der Waals surface area contributed by atoms with Gasteiger partial charge in [-0.25, -0.2) is 0 Å². The van der Waals surface area contributed by atoms with Crippen molar-refractivity contribution in [1.29, 1.82) is 0 Å². The van der Waals surface area contributed by atoms with E-state index in [1.165, 1.54) is 0 Å². The van der Waals surface area contributed by atoms with Crippen molar-refractivity contribution in [2.45, 2.75) is 32.7 Å². The molecule has 1 unspecified atom stereocenters. The van der Waals surface area contributed by atoms with Crippen molar-refractivity contribution in [3.8, 4) is 0 Å². The average Bonchev–Trinajstić information content (AvgIpc) is 2.55. The Labute approximate surface area is 108 Å². The van der Waals surface area contributed by atoms with Gasteiger partial charge in [-0.05, 0) is 21.0 Å². The monoisotopic (exact) mass is 257 g/mol. The Bertz CT molecular complexity index is 387. The summed E-state index contributed by atoms with van der Waals surface area (Å²) in [7, 11) is 4.04. The molecule has 0 fully saturated rings. The molecule has 0 aliphatic rings. The van der Waals surface area contributed by atoms with Crippen LogP contribution in [-0.4, -0.2) is 41.1 Å². The van der Waals surface area contributed by atoms with Crippen LogP contribution < -0.4 is 0 Å². The third kappa shape index (κ3) is 4.13. The van der Waals surface area contributed by atoms with Gasteiger partial charge in [0.15, 0.2) is 0 Å². The Kier molecular flexibility index (Phi) is 5.15. The van der Waals surface area contributed by atoms with Crippen LogP contribution in [0.1, 0.15) is 31.9 Å². The number of rotatable bonds is 6. The molecule has 0 aliphatic heterocycles. The largest absolute Gasteiger partial charge is 0.308 e. The van der Waals surface area contributed by atoms with E-state index in [0.29, 0.717) is 11.4 Å². The summed E-state index contributed by atoms with van der Waals surface area (Å²) in [5, 5.41) is 4.91. The van der Waals surface area contributed by atoms with E-state index in [2.05, 4.69) is 10.00 Å². The Morgan fingerprint density at radius 2 is 2.24 bits per heavy atom. The fraction of sp³-hybridized carbons (Fsp3) is 0.667. The van der Waals surface area contributed by atoms with Crippen LogP contribution in [0.5, 0.6) is 0 Å². The minimum Gasteiger partial charge on any atom is -0.308 e. The second-order valence-electron chi connectivity index (χ2n) is 4.71. The predicted molar refractivity (Wildman–Crippen MR) is 69.5 cm³/mol. The summed E-state index contributed by atoms with van der Waals surface area (Å²) in [4.78, 5) is 13.2. The van der Waals surface area contributed by atoms with E-state index in [4.69, 9.17) is 11.6 Å². The van der Waals surface area contributed by atoms with Crippen LogP contribution in [-0.2, 0) is 11.3 Å². The number of hydrogen-bond acceptors (Lipinski definition) is 3. The lowest BCUT2D eigenvalue weighted by atomic mass is 10.0. The molecule has 17 heavy (non-hydrogen) atoms. The maximum Gasteiger partial charge on any atom is 0.130 e. The second kappa shape index (κ2) is 6.17. The van der Waals surface area contributed by atoms with Gasteiger partial charge in [-0.2, -0.15) is 5.10 Å². The Morgan fingerprint density at radius 3 is 2.76 bits per heavy atom. The number of hydrogen-bond donors (Lipinski definition) is 0. The van der Waals surface area contributed by atoms with Crippen molar-refractivity contribution < 1.29 is 4.79 Å². The molecule has 1 aromatic heterocycles. The van der Waals surface area contributed by atoms with E-state index >= 15 is 0 Å². The highest BCUT2D eigenvalue weighted by molar-refractivity contribution is 6.31. The van der Waals surface area contributed by atoms with E-state index in [-0.39, 0.29) is 11.7 Å². The number of halogens is 1. The zero-order chi connectivity index (χ0) is 13.0. The van der Waals surface area contributed by atoms with E-state index in [1.54, 1.807) is 13.1 Å². The van der Waals surface area contributed by atoms with Crippen LogP contribution in [0.3, 0.4) is 0 Å². The molecule has 1 aromatic rings. The van der Waals surface area contributed by atoms with Gasteiger partial charge < -0.3 is 9.69 Å². The van der Waals surface area contributed by atoms with Crippen molar-refractivity contribution >= 4 is 17.4 Å². The SMILES string of the molecule is CC(=O)CC(C)c1c(Cl)cnn1CCN(C)C. The summed E-state index contributed by atoms with van der Waals surface area (Å²) in [5.74, 6) is 0.290. The third-order valence-corrected chi connectivity index (χ3v) is 2.94. The van der Waals surface area contributed by atoms with Gasteiger partial charge in [-0.15, -0.1) is 0 Å². The summed E-state index contributed by atoms with van der Waals surface area (Å²) in [6, 6.07) is 0. The number of likely N-dealkylation sites (N-methyl/N-ethyl adjacent to an activating group) is 1. The van der Waals surface area contributed by atoms with Crippen LogP contribution in [0.15, 0.2) is 6.20 Å². The quantitative estimate of drug-likeness (QED) is 0.784. The summed E-state index contributed by atoms with van der Waals surface area (Å²) >= 11 is 6.13. The molecule has 0 saturated heterocycles. The van der Waals surface area contributed by atoms with Gasteiger partial charge in [0.25, 0.3) is 0 Å². The second-order valence-corrected chi connectivity index (χ2v) is 5.12. The molecule has 1 rings (SSSR count). The molecule has 0 amide bonds. The predicted octanol–water partition coefficient (Wildman–Crippen LogP) is 2.18. The first kappa shape index (κ1) is 14.2. The zero-order valence-corrected chi connectivity index (χ0v) is 11.7. The standard InChI is InChI=1S/C12H20ClN3O/c1-9(7-10(2)17)12-11(13)8-14-16(12)6-5-15(3)4/h8-9H,5-7H2,1-4H3. The topological polar surface area (TPSA) is 38.1 Å². The molecule has 0 saturated carbocycles. The smallest absolute Gasteiger partial charge is 0.130 e. The fourth-order valence-electron chi connectivity index (χ4n) is 1.86. The molecule has 0 aliphatic carbocycles. The first-order valence-corrected chi connectivity index (χ1v) is 6.15. The average molecular weight is 258 g/mol. The van der Waals surface area contributed by atoms with Crippen LogP contribution in [0.4, 0.5) is 0 Å². The molecule has 5 heteroatoms. The van der Waals surface area contributed by atoms with Crippen LogP contribution in [0.2, 0.25) is 5.02 Å². The van der Waals surface area contributed by atoms with Gasteiger partial charge >= 0.3 is 0 Å². The van der Waals surface area contributed by atoms with Crippen molar-refractivity contribution in [2.24, 2.45) is 0 Å². The Morgan fingerprint density at radius 1 is 1.59 bits per heavy atom. The van der Waals surface area contributed by atoms with Crippen molar-refractivity contribution in [1.82, 2.24) is 14.7 Å². The third-order valence-electron chi connectivity index (χ3n) is 2.65. The summed E-state index contributed by atoms with van der Waals surface area (Å²) in [6.45, 7) is 5.30. The van der Waals surface area contributed by atoms with E-state index in [1.807, 2.05) is 25.7 Å². The number of carbonyl (C=O) groups is 1. The van der Waals surface area contributed by atoms with Gasteiger partial charge in [0.05, 0.1) is 23.5 Å². The number of ketones is 1. The lowest BCUT2D eigenvalue weighted by Gasteiger charge is -2.15. The first-order chi connectivity index (χ1) is 7.91. The molecule has 0 aromatic carbocycles. The molecule has 0 spiro atoms. The highest BCUT2D eigenvalue weighted by atomic mass is 35.5. The van der Waals surface area contributed by atoms with E-state index < -0.39 is 0 Å². The molecule has 0 bridgehead atoms. The summed E-state index contributed by atoms with van der Waals surface area (Å²) in [5.41, 5.74) is 0.962. The maximum atomic E-state index is 11.2. The van der Waals surface area contributed by atoms with Gasteiger partial charge in [0, 0.05) is 18.9 Å². The molecule has 0 radical (unpaired) electrons. The van der Waals surface area contributed by atoms with Gasteiger partial charge in [-0.1, -0.05) is 18.5 Å². The van der Waals surface area contributed by atoms with Crippen LogP contribution in [0, 0.1) is 0 Å². The van der Waals surface area contributed by atoms with Crippen LogP contribution in [0.25, 0.3) is 0 Å². The molecular formula is C12H20ClN3O. The number of aromatic nitrogens is 2. The molecule has 96 valence electrons. The van der Waals surface area contributed by atoms with Gasteiger partial charge in [0.1, 0.15) is 5.78 Å². The Balaban J connectivity index is 2.81. The normalized spacial score (nSPS) is 13.1. The minimum absolute atomic E-state index is 0.115. The molecule has 4 nitrogen and oxygen atoms in total. The summed E-state index contributed by atoms with van der Waals surface area (Å²) < 4.78 is 1.90. The molecule has 1 atom stereocenters. The Hall–Kier alpha value is -0.870. The lowest BCUT2D eigenvalue weighted by molar-refractivity contribution is -0.117. The lowest BCUT2D eigenvalue weighted by Crippen LogP contribution is -2.21. The number of nitrogens with zero attached hydrogens (tertiary/aromatic N) is 3. The van der Waals surface area contributed by atoms with Gasteiger partial charge in [-0.3, -0.25) is 4.68 Å². The molecular weight excluding hydrogens is 238 g/mol. The molecule has 0 N–H and O–H groups in total. The first-order valence-electron chi connectivity index (χ1n) is 5.77. The minimum atomic E-state index is 0.115. The van der Waals surface area contributed by atoms with Gasteiger partial charge in [0.2, 0.25) is 0 Å². The van der Waals surface area contributed by atoms with E-state index in [0.717, 1.165) is 18.8 Å². The zero-order valence-electron chi connectivity index (χ0n) is 10.9. The van der Waals surface area contributed by atoms with Crippen LogP contribution >= 0.6 is 11.6 Å². The highest BCUT2D eigenvalue weighted by Gasteiger charge is 2.17. The number of Topliss-reactive ketones (excluding diaryl/α,β-unsaturated/α-hetero) is 1. The molecule has 1 heterocycles. The maximum absolute atomic E-state index is 11.2. The van der Waals surface area contributed by atoms with Crippen molar-refractivity contribution in [3.63, 3.8) is 0 Å². The summed E-state index contributed by atoms with van der Waals surface area (Å²) in [6.07, 6.45) is 2.16. The highest BCUT2D eigenvalue weighted by Crippen LogP contribution is 2.26. The number of carbonyl (C=O) groups excluding carboxylic acids is 1.